The lowest BCUT2D eigenvalue weighted by Crippen LogP contribution is -2.25. The van der Waals surface area contributed by atoms with Gasteiger partial charge in [0.15, 0.2) is 0 Å². The number of para-hydroxylation sites is 1. The molecule has 3 N–H and O–H groups in total. The summed E-state index contributed by atoms with van der Waals surface area (Å²) in [6.07, 6.45) is 1.48. The van der Waals surface area contributed by atoms with Crippen LogP contribution in [0.5, 0.6) is 0 Å². The third kappa shape index (κ3) is 6.43. The molecule has 0 radical (unpaired) electrons. The van der Waals surface area contributed by atoms with E-state index in [-0.39, 0.29) is 11.5 Å². The smallest absolute Gasteiger partial charge is 0.242 e. The van der Waals surface area contributed by atoms with Crippen LogP contribution in [0.4, 0.5) is 5.69 Å². The molecule has 0 amide bonds. The minimum atomic E-state index is -3.48. The fourth-order valence-corrected chi connectivity index (χ4v) is 3.04. The third-order valence-corrected chi connectivity index (χ3v) is 4.25. The van der Waals surface area contributed by atoms with Gasteiger partial charge in [-0.25, -0.2) is 13.1 Å². The van der Waals surface area contributed by atoms with Gasteiger partial charge in [0.2, 0.25) is 10.0 Å². The first-order chi connectivity index (χ1) is 10.1. The largest absolute Gasteiger partial charge is 0.394 e. The van der Waals surface area contributed by atoms with Gasteiger partial charge in [0, 0.05) is 19.7 Å². The lowest BCUT2D eigenvalue weighted by atomic mass is 10.3. The molecular weight excluding hydrogens is 292 g/mol. The van der Waals surface area contributed by atoms with Crippen LogP contribution in [-0.2, 0) is 14.8 Å². The first kappa shape index (κ1) is 17.9. The van der Waals surface area contributed by atoms with Crippen molar-refractivity contribution in [3.05, 3.63) is 24.3 Å². The molecule has 0 fully saturated rings. The maximum atomic E-state index is 12.2. The molecule has 1 rings (SSSR count). The van der Waals surface area contributed by atoms with Crippen LogP contribution in [0, 0.1) is 0 Å². The Labute approximate surface area is 126 Å². The van der Waals surface area contributed by atoms with Gasteiger partial charge in [-0.05, 0) is 25.0 Å². The Morgan fingerprint density at radius 2 is 1.95 bits per heavy atom. The van der Waals surface area contributed by atoms with Gasteiger partial charge >= 0.3 is 0 Å². The molecule has 0 unspecified atom stereocenters. The van der Waals surface area contributed by atoms with E-state index in [4.69, 9.17) is 9.84 Å². The number of aliphatic hydroxyl groups excluding tert-OH is 1. The number of rotatable bonds is 11. The average Bonchev–Trinajstić information content (AvgIpc) is 2.49. The highest BCUT2D eigenvalue weighted by Crippen LogP contribution is 2.20. The lowest BCUT2D eigenvalue weighted by Gasteiger charge is -2.13. The topological polar surface area (TPSA) is 87.7 Å². The Morgan fingerprint density at radius 1 is 1.19 bits per heavy atom. The monoisotopic (exact) mass is 316 g/mol. The van der Waals surface area contributed by atoms with Gasteiger partial charge in [-0.3, -0.25) is 0 Å². The minimum Gasteiger partial charge on any atom is -0.394 e. The standard InChI is InChI=1S/C14H24N2O4S/c1-2-8-16-21(18,19)14-7-4-3-6-13(14)15-9-5-11-20-12-10-17/h3-4,6-7,15-17H,2,5,8-12H2,1H3. The van der Waals surface area contributed by atoms with Crippen LogP contribution >= 0.6 is 0 Å². The summed E-state index contributed by atoms with van der Waals surface area (Å²) in [5, 5.41) is 11.7. The van der Waals surface area contributed by atoms with Crippen LogP contribution in [0.2, 0.25) is 0 Å². The van der Waals surface area contributed by atoms with Crippen molar-refractivity contribution in [3.63, 3.8) is 0 Å². The predicted molar refractivity (Wildman–Crippen MR) is 82.9 cm³/mol. The van der Waals surface area contributed by atoms with E-state index in [9.17, 15) is 8.42 Å². The average molecular weight is 316 g/mol. The number of sulfonamides is 1. The maximum absolute atomic E-state index is 12.2. The van der Waals surface area contributed by atoms with Crippen LogP contribution < -0.4 is 10.0 Å². The summed E-state index contributed by atoms with van der Waals surface area (Å²) >= 11 is 0. The van der Waals surface area contributed by atoms with Crippen molar-refractivity contribution in [2.45, 2.75) is 24.7 Å². The molecule has 7 heteroatoms. The fraction of sp³-hybridized carbons (Fsp3) is 0.571. The summed E-state index contributed by atoms with van der Waals surface area (Å²) in [6.45, 7) is 3.80. The van der Waals surface area contributed by atoms with E-state index in [1.807, 2.05) is 6.92 Å². The molecular formula is C14H24N2O4S. The zero-order chi connectivity index (χ0) is 15.6. The predicted octanol–water partition coefficient (Wildman–Crippen LogP) is 1.19. The molecule has 0 bridgehead atoms. The molecule has 21 heavy (non-hydrogen) atoms. The molecule has 1 aromatic rings. The fourth-order valence-electron chi connectivity index (χ4n) is 1.73. The molecule has 0 atom stereocenters. The molecule has 0 spiro atoms. The molecule has 6 nitrogen and oxygen atoms in total. The van der Waals surface area contributed by atoms with E-state index in [0.29, 0.717) is 32.0 Å². The van der Waals surface area contributed by atoms with Crippen molar-refractivity contribution in [2.24, 2.45) is 0 Å². The highest BCUT2D eigenvalue weighted by molar-refractivity contribution is 7.89. The van der Waals surface area contributed by atoms with Crippen molar-refractivity contribution in [1.29, 1.82) is 0 Å². The maximum Gasteiger partial charge on any atom is 0.242 e. The summed E-state index contributed by atoms with van der Waals surface area (Å²) in [7, 11) is -3.48. The van der Waals surface area contributed by atoms with Gasteiger partial charge in [-0.15, -0.1) is 0 Å². The Hall–Kier alpha value is -1.15. The van der Waals surface area contributed by atoms with Crippen molar-refractivity contribution in [1.82, 2.24) is 4.72 Å². The van der Waals surface area contributed by atoms with Crippen LogP contribution in [-0.4, -0.2) is 46.4 Å². The summed E-state index contributed by atoms with van der Waals surface area (Å²) in [5.74, 6) is 0. The third-order valence-electron chi connectivity index (χ3n) is 2.74. The number of hydrogen-bond donors (Lipinski definition) is 3. The van der Waals surface area contributed by atoms with Crippen LogP contribution in [0.3, 0.4) is 0 Å². The molecule has 0 aliphatic heterocycles. The van der Waals surface area contributed by atoms with Crippen LogP contribution in [0.1, 0.15) is 19.8 Å². The van der Waals surface area contributed by atoms with Crippen molar-refractivity contribution in [3.8, 4) is 0 Å². The number of benzene rings is 1. The first-order valence-corrected chi connectivity index (χ1v) is 8.61. The number of aliphatic hydroxyl groups is 1. The molecule has 1 aromatic carbocycles. The van der Waals surface area contributed by atoms with Gasteiger partial charge < -0.3 is 15.2 Å². The minimum absolute atomic E-state index is 0.0115. The zero-order valence-electron chi connectivity index (χ0n) is 12.3. The van der Waals surface area contributed by atoms with E-state index in [1.54, 1.807) is 24.3 Å². The Balaban J connectivity index is 2.59. The Morgan fingerprint density at radius 3 is 2.67 bits per heavy atom. The van der Waals surface area contributed by atoms with Gasteiger partial charge in [0.1, 0.15) is 4.90 Å². The van der Waals surface area contributed by atoms with Crippen molar-refractivity contribution >= 4 is 15.7 Å². The van der Waals surface area contributed by atoms with Gasteiger partial charge in [-0.2, -0.15) is 0 Å². The highest BCUT2D eigenvalue weighted by atomic mass is 32.2. The molecule has 0 aliphatic rings. The van der Waals surface area contributed by atoms with E-state index in [1.165, 1.54) is 0 Å². The lowest BCUT2D eigenvalue weighted by molar-refractivity contribution is 0.0922. The second kappa shape index (κ2) is 9.73. The number of ether oxygens (including phenoxy) is 1. The Bertz CT molecular complexity index is 505. The van der Waals surface area contributed by atoms with Gasteiger partial charge in [0.25, 0.3) is 0 Å². The first-order valence-electron chi connectivity index (χ1n) is 7.13. The highest BCUT2D eigenvalue weighted by Gasteiger charge is 2.16. The second-order valence-corrected chi connectivity index (χ2v) is 6.25. The molecule has 0 saturated carbocycles. The van der Waals surface area contributed by atoms with E-state index < -0.39 is 10.0 Å². The zero-order valence-corrected chi connectivity index (χ0v) is 13.2. The van der Waals surface area contributed by atoms with Crippen LogP contribution in [0.15, 0.2) is 29.2 Å². The molecule has 0 heterocycles. The van der Waals surface area contributed by atoms with Crippen molar-refractivity contribution in [2.75, 3.05) is 38.2 Å². The summed E-state index contributed by atoms with van der Waals surface area (Å²) in [4.78, 5) is 0.259. The number of anilines is 1. The number of hydrogen-bond acceptors (Lipinski definition) is 5. The van der Waals surface area contributed by atoms with Crippen molar-refractivity contribution < 1.29 is 18.3 Å². The Kier molecular flexibility index (Phi) is 8.29. The van der Waals surface area contributed by atoms with E-state index in [0.717, 1.165) is 12.8 Å². The molecule has 0 aliphatic carbocycles. The van der Waals surface area contributed by atoms with Gasteiger partial charge in [-0.1, -0.05) is 19.1 Å². The van der Waals surface area contributed by atoms with E-state index >= 15 is 0 Å². The molecule has 0 saturated heterocycles. The summed E-state index contributed by atoms with van der Waals surface area (Å²) < 4.78 is 32.1. The number of nitrogens with one attached hydrogen (secondary N) is 2. The molecule has 0 aromatic heterocycles. The summed E-state index contributed by atoms with van der Waals surface area (Å²) in [5.41, 5.74) is 0.586. The SMILES string of the molecule is CCCNS(=O)(=O)c1ccccc1NCCCOCCO. The second-order valence-electron chi connectivity index (χ2n) is 4.51. The van der Waals surface area contributed by atoms with E-state index in [2.05, 4.69) is 10.0 Å². The van der Waals surface area contributed by atoms with Crippen LogP contribution in [0.25, 0.3) is 0 Å². The van der Waals surface area contributed by atoms with Gasteiger partial charge in [0.05, 0.1) is 18.9 Å². The molecule has 120 valence electrons. The summed E-state index contributed by atoms with van der Waals surface area (Å²) in [6, 6.07) is 6.83. The normalized spacial score (nSPS) is 11.5. The quantitative estimate of drug-likeness (QED) is 0.534.